The Morgan fingerprint density at radius 1 is 1.36 bits per heavy atom. The number of rotatable bonds is 8. The second kappa shape index (κ2) is 8.92. The number of benzene rings is 1. The normalized spacial score (nSPS) is 16.8. The molecule has 1 aromatic heterocycles. The van der Waals surface area contributed by atoms with E-state index in [2.05, 4.69) is 34.6 Å². The smallest absolute Gasteiger partial charge is 0.226 e. The van der Waals surface area contributed by atoms with Gasteiger partial charge in [0.25, 0.3) is 0 Å². The topological polar surface area (TPSA) is 73.3 Å². The van der Waals surface area contributed by atoms with Gasteiger partial charge in [-0.3, -0.25) is 4.79 Å². The van der Waals surface area contributed by atoms with E-state index >= 15 is 0 Å². The molecule has 1 N–H and O–H groups in total. The minimum Gasteiger partial charge on any atom is -0.494 e. The molecule has 2 aromatic rings. The predicted octanol–water partition coefficient (Wildman–Crippen LogP) is 3.75. The van der Waals surface area contributed by atoms with Gasteiger partial charge < -0.3 is 14.8 Å². The SMILES string of the molecule is CCc1ccc(OCCCC(=O)Nc2nnc([C@H]3CCCO3)s2)cc1. The Kier molecular flexibility index (Phi) is 6.36. The van der Waals surface area contributed by atoms with E-state index < -0.39 is 0 Å². The zero-order valence-electron chi connectivity index (χ0n) is 14.4. The molecule has 0 aliphatic carbocycles. The summed E-state index contributed by atoms with van der Waals surface area (Å²) in [6, 6.07) is 8.05. The minimum absolute atomic E-state index is 0.0376. The predicted molar refractivity (Wildman–Crippen MR) is 97.0 cm³/mol. The molecule has 0 unspecified atom stereocenters. The molecule has 0 radical (unpaired) electrons. The average Bonchev–Trinajstić information content (AvgIpc) is 3.31. The van der Waals surface area contributed by atoms with Gasteiger partial charge in [-0.05, 0) is 43.4 Å². The van der Waals surface area contributed by atoms with Crippen LogP contribution in [0.2, 0.25) is 0 Å². The molecule has 3 rings (SSSR count). The van der Waals surface area contributed by atoms with Crippen LogP contribution in [0.1, 0.15) is 49.3 Å². The zero-order valence-corrected chi connectivity index (χ0v) is 15.2. The largest absolute Gasteiger partial charge is 0.494 e. The van der Waals surface area contributed by atoms with Crippen molar-refractivity contribution in [2.75, 3.05) is 18.5 Å². The summed E-state index contributed by atoms with van der Waals surface area (Å²) in [5.41, 5.74) is 1.28. The van der Waals surface area contributed by atoms with E-state index in [-0.39, 0.29) is 12.0 Å². The average molecular weight is 361 g/mol. The first-order chi connectivity index (χ1) is 12.2. The molecule has 2 heterocycles. The number of hydrogen-bond acceptors (Lipinski definition) is 6. The summed E-state index contributed by atoms with van der Waals surface area (Å²) in [6.07, 6.45) is 4.11. The number of hydrogen-bond donors (Lipinski definition) is 1. The Bertz CT molecular complexity index is 681. The van der Waals surface area contributed by atoms with Crippen molar-refractivity contribution in [1.29, 1.82) is 0 Å². The summed E-state index contributed by atoms with van der Waals surface area (Å²) >= 11 is 1.39. The van der Waals surface area contributed by atoms with Gasteiger partial charge in [0, 0.05) is 13.0 Å². The Morgan fingerprint density at radius 3 is 2.92 bits per heavy atom. The van der Waals surface area contributed by atoms with Gasteiger partial charge in [-0.15, -0.1) is 10.2 Å². The molecule has 0 spiro atoms. The van der Waals surface area contributed by atoms with Crippen molar-refractivity contribution in [3.05, 3.63) is 34.8 Å². The molecule has 0 bridgehead atoms. The summed E-state index contributed by atoms with van der Waals surface area (Å²) in [4.78, 5) is 12.0. The van der Waals surface area contributed by atoms with Gasteiger partial charge in [0.05, 0.1) is 6.61 Å². The Labute approximate surface area is 151 Å². The van der Waals surface area contributed by atoms with Gasteiger partial charge in [-0.25, -0.2) is 0 Å². The molecule has 6 nitrogen and oxygen atoms in total. The third-order valence-corrected chi connectivity index (χ3v) is 4.97. The van der Waals surface area contributed by atoms with Crippen LogP contribution in [0.3, 0.4) is 0 Å². The van der Waals surface area contributed by atoms with Crippen LogP contribution in [0.5, 0.6) is 5.75 Å². The monoisotopic (exact) mass is 361 g/mol. The number of amides is 1. The highest BCUT2D eigenvalue weighted by atomic mass is 32.1. The third-order valence-electron chi connectivity index (χ3n) is 4.04. The van der Waals surface area contributed by atoms with E-state index in [0.29, 0.717) is 24.6 Å². The highest BCUT2D eigenvalue weighted by Crippen LogP contribution is 2.31. The number of anilines is 1. The van der Waals surface area contributed by atoms with Crippen molar-refractivity contribution in [1.82, 2.24) is 10.2 Å². The second-order valence-electron chi connectivity index (χ2n) is 5.94. The fourth-order valence-corrected chi connectivity index (χ4v) is 3.46. The number of ether oxygens (including phenoxy) is 2. The summed E-state index contributed by atoms with van der Waals surface area (Å²) in [5, 5.41) is 12.3. The van der Waals surface area contributed by atoms with Crippen LogP contribution in [0.15, 0.2) is 24.3 Å². The number of nitrogens with zero attached hydrogens (tertiary/aromatic N) is 2. The lowest BCUT2D eigenvalue weighted by Crippen LogP contribution is -2.12. The highest BCUT2D eigenvalue weighted by molar-refractivity contribution is 7.15. The van der Waals surface area contributed by atoms with Crippen LogP contribution in [-0.4, -0.2) is 29.3 Å². The molecule has 1 fully saturated rings. The molecule has 1 saturated heterocycles. The fourth-order valence-electron chi connectivity index (χ4n) is 2.61. The number of carbonyl (C=O) groups is 1. The van der Waals surface area contributed by atoms with Crippen LogP contribution in [0.25, 0.3) is 0 Å². The standard InChI is InChI=1S/C18H23N3O3S/c1-2-13-7-9-14(10-8-13)23-11-4-6-16(22)19-18-21-20-17(25-18)15-5-3-12-24-15/h7-10,15H,2-6,11-12H2,1H3,(H,19,21,22)/t15-/m1/s1. The third kappa shape index (κ3) is 5.24. The van der Waals surface area contributed by atoms with Crippen molar-refractivity contribution in [2.45, 2.75) is 45.1 Å². The number of aromatic nitrogens is 2. The summed E-state index contributed by atoms with van der Waals surface area (Å²) in [7, 11) is 0. The second-order valence-corrected chi connectivity index (χ2v) is 6.95. The van der Waals surface area contributed by atoms with Gasteiger partial charge >= 0.3 is 0 Å². The summed E-state index contributed by atoms with van der Waals surface area (Å²) < 4.78 is 11.2. The molecule has 134 valence electrons. The first-order valence-corrected chi connectivity index (χ1v) is 9.53. The molecular formula is C18H23N3O3S. The summed E-state index contributed by atoms with van der Waals surface area (Å²) in [5.74, 6) is 0.767. The van der Waals surface area contributed by atoms with E-state index in [9.17, 15) is 4.79 Å². The maximum Gasteiger partial charge on any atom is 0.226 e. The molecule has 1 aliphatic heterocycles. The van der Waals surface area contributed by atoms with Crippen LogP contribution < -0.4 is 10.1 Å². The molecule has 1 aromatic carbocycles. The van der Waals surface area contributed by atoms with E-state index in [1.165, 1.54) is 16.9 Å². The Hall–Kier alpha value is -1.99. The van der Waals surface area contributed by atoms with Crippen molar-refractivity contribution in [2.24, 2.45) is 0 Å². The van der Waals surface area contributed by atoms with Crippen molar-refractivity contribution >= 4 is 22.4 Å². The molecule has 25 heavy (non-hydrogen) atoms. The Morgan fingerprint density at radius 2 is 2.20 bits per heavy atom. The van der Waals surface area contributed by atoms with Gasteiger partial charge in [0.1, 0.15) is 16.9 Å². The van der Waals surface area contributed by atoms with Gasteiger partial charge in [0.15, 0.2) is 0 Å². The first-order valence-electron chi connectivity index (χ1n) is 8.71. The molecular weight excluding hydrogens is 338 g/mol. The van der Waals surface area contributed by atoms with Crippen molar-refractivity contribution < 1.29 is 14.3 Å². The lowest BCUT2D eigenvalue weighted by atomic mass is 10.2. The van der Waals surface area contributed by atoms with Crippen molar-refractivity contribution in [3.63, 3.8) is 0 Å². The fraction of sp³-hybridized carbons (Fsp3) is 0.500. The lowest BCUT2D eigenvalue weighted by Gasteiger charge is -2.06. The number of aryl methyl sites for hydroxylation is 1. The van der Waals surface area contributed by atoms with Gasteiger partial charge in [-0.2, -0.15) is 0 Å². The molecule has 0 saturated carbocycles. The minimum atomic E-state index is -0.0695. The van der Waals surface area contributed by atoms with E-state index in [1.54, 1.807) is 0 Å². The van der Waals surface area contributed by atoms with Crippen molar-refractivity contribution in [3.8, 4) is 5.75 Å². The molecule has 7 heteroatoms. The highest BCUT2D eigenvalue weighted by Gasteiger charge is 2.22. The molecule has 1 atom stereocenters. The Balaban J connectivity index is 1.36. The lowest BCUT2D eigenvalue weighted by molar-refractivity contribution is -0.116. The van der Waals surface area contributed by atoms with Crippen LogP contribution in [0, 0.1) is 0 Å². The van der Waals surface area contributed by atoms with E-state index in [0.717, 1.165) is 36.6 Å². The zero-order chi connectivity index (χ0) is 17.5. The quantitative estimate of drug-likeness (QED) is 0.725. The summed E-state index contributed by atoms with van der Waals surface area (Å²) in [6.45, 7) is 3.40. The first kappa shape index (κ1) is 17.8. The van der Waals surface area contributed by atoms with E-state index in [4.69, 9.17) is 9.47 Å². The van der Waals surface area contributed by atoms with Gasteiger partial charge in [-0.1, -0.05) is 30.4 Å². The van der Waals surface area contributed by atoms with Crippen LogP contribution >= 0.6 is 11.3 Å². The number of nitrogens with one attached hydrogen (secondary N) is 1. The maximum atomic E-state index is 12.0. The number of carbonyl (C=O) groups excluding carboxylic acids is 1. The van der Waals surface area contributed by atoms with E-state index in [1.807, 2.05) is 12.1 Å². The van der Waals surface area contributed by atoms with Crippen LogP contribution in [0.4, 0.5) is 5.13 Å². The molecule has 1 amide bonds. The maximum absolute atomic E-state index is 12.0. The van der Waals surface area contributed by atoms with Gasteiger partial charge in [0.2, 0.25) is 11.0 Å². The molecule has 1 aliphatic rings. The van der Waals surface area contributed by atoms with Crippen LogP contribution in [-0.2, 0) is 16.0 Å².